The lowest BCUT2D eigenvalue weighted by Crippen LogP contribution is -2.25. The van der Waals surface area contributed by atoms with Gasteiger partial charge in [0.2, 0.25) is 0 Å². The maximum atomic E-state index is 10.7. The third-order valence-corrected chi connectivity index (χ3v) is 2.20. The molecule has 0 amide bonds. The molecular weight excluding hydrogens is 192 g/mol. The van der Waals surface area contributed by atoms with Crippen molar-refractivity contribution in [1.29, 1.82) is 5.26 Å². The molecule has 0 aromatic heterocycles. The van der Waals surface area contributed by atoms with Gasteiger partial charge in [-0.25, -0.2) is 0 Å². The van der Waals surface area contributed by atoms with Gasteiger partial charge in [0.15, 0.2) is 0 Å². The summed E-state index contributed by atoms with van der Waals surface area (Å²) in [5, 5.41) is 17.4. The summed E-state index contributed by atoms with van der Waals surface area (Å²) in [4.78, 5) is 10.7. The summed E-state index contributed by atoms with van der Waals surface area (Å²) in [5.41, 5.74) is 6.79. The number of nitrogens with two attached hydrogens (primary N) is 1. The molecule has 0 aliphatic heterocycles. The number of carbonyl (C=O) groups is 1. The van der Waals surface area contributed by atoms with Crippen molar-refractivity contribution < 1.29 is 9.90 Å². The molecule has 3 N–H and O–H groups in total. The molecule has 0 radical (unpaired) electrons. The maximum absolute atomic E-state index is 10.7. The van der Waals surface area contributed by atoms with Gasteiger partial charge < -0.3 is 10.8 Å². The summed E-state index contributed by atoms with van der Waals surface area (Å²) in [6.45, 7) is 0.120. The molecule has 15 heavy (non-hydrogen) atoms. The highest BCUT2D eigenvalue weighted by Crippen LogP contribution is 2.09. The molecule has 0 saturated heterocycles. The number of hydrogen-bond acceptors (Lipinski definition) is 3. The Morgan fingerprint density at radius 3 is 2.47 bits per heavy atom. The fraction of sp³-hybridized carbons (Fsp3) is 0.273. The Morgan fingerprint density at radius 1 is 1.47 bits per heavy atom. The van der Waals surface area contributed by atoms with Crippen LogP contribution in [-0.4, -0.2) is 17.6 Å². The third-order valence-electron chi connectivity index (χ3n) is 2.20. The first-order valence-corrected chi connectivity index (χ1v) is 4.59. The minimum Gasteiger partial charge on any atom is -0.481 e. The first kappa shape index (κ1) is 11.2. The highest BCUT2D eigenvalue weighted by Gasteiger charge is 2.15. The molecular formula is C11H12N2O2. The smallest absolute Gasteiger partial charge is 0.308 e. The summed E-state index contributed by atoms with van der Waals surface area (Å²) in [6, 6.07) is 8.85. The molecule has 1 aromatic carbocycles. The minimum absolute atomic E-state index is 0.120. The number of carboxylic acids is 1. The minimum atomic E-state index is -0.887. The van der Waals surface area contributed by atoms with Crippen LogP contribution in [0.3, 0.4) is 0 Å². The predicted octanol–water partition coefficient (Wildman–Crippen LogP) is 0.760. The molecule has 1 unspecified atom stereocenters. The van der Waals surface area contributed by atoms with Crippen LogP contribution in [0.1, 0.15) is 11.1 Å². The van der Waals surface area contributed by atoms with E-state index >= 15 is 0 Å². The first-order chi connectivity index (χ1) is 7.17. The van der Waals surface area contributed by atoms with E-state index in [1.54, 1.807) is 24.3 Å². The van der Waals surface area contributed by atoms with Crippen LogP contribution in [0.2, 0.25) is 0 Å². The van der Waals surface area contributed by atoms with E-state index in [9.17, 15) is 4.79 Å². The molecule has 0 spiro atoms. The van der Waals surface area contributed by atoms with Gasteiger partial charge in [-0.05, 0) is 24.1 Å². The van der Waals surface area contributed by atoms with Gasteiger partial charge in [0.05, 0.1) is 17.6 Å². The first-order valence-electron chi connectivity index (χ1n) is 4.59. The second-order valence-corrected chi connectivity index (χ2v) is 3.28. The molecule has 1 atom stereocenters. The third kappa shape index (κ3) is 3.08. The molecule has 78 valence electrons. The molecule has 4 nitrogen and oxygen atoms in total. The summed E-state index contributed by atoms with van der Waals surface area (Å²) >= 11 is 0. The second-order valence-electron chi connectivity index (χ2n) is 3.28. The van der Waals surface area contributed by atoms with E-state index in [1.165, 1.54) is 0 Å². The molecule has 0 aliphatic carbocycles. The topological polar surface area (TPSA) is 87.1 Å². The van der Waals surface area contributed by atoms with Gasteiger partial charge in [-0.1, -0.05) is 12.1 Å². The zero-order chi connectivity index (χ0) is 11.3. The Labute approximate surface area is 87.9 Å². The largest absolute Gasteiger partial charge is 0.481 e. The molecule has 0 bridgehead atoms. The fourth-order valence-corrected chi connectivity index (χ4v) is 1.27. The van der Waals surface area contributed by atoms with Gasteiger partial charge in [0, 0.05) is 6.54 Å². The number of nitrogens with zero attached hydrogens (tertiary/aromatic N) is 1. The van der Waals surface area contributed by atoms with Gasteiger partial charge >= 0.3 is 5.97 Å². The van der Waals surface area contributed by atoms with Gasteiger partial charge in [0.1, 0.15) is 0 Å². The van der Waals surface area contributed by atoms with Crippen LogP contribution in [-0.2, 0) is 11.2 Å². The van der Waals surface area contributed by atoms with E-state index in [-0.39, 0.29) is 6.54 Å². The number of aliphatic carboxylic acids is 1. The van der Waals surface area contributed by atoms with Crippen molar-refractivity contribution in [2.45, 2.75) is 6.42 Å². The number of hydrogen-bond donors (Lipinski definition) is 2. The summed E-state index contributed by atoms with van der Waals surface area (Å²) in [6.07, 6.45) is 0.400. The van der Waals surface area contributed by atoms with E-state index in [0.29, 0.717) is 12.0 Å². The van der Waals surface area contributed by atoms with E-state index in [2.05, 4.69) is 0 Å². The van der Waals surface area contributed by atoms with E-state index < -0.39 is 11.9 Å². The van der Waals surface area contributed by atoms with E-state index in [0.717, 1.165) is 5.56 Å². The van der Waals surface area contributed by atoms with Crippen molar-refractivity contribution in [3.8, 4) is 6.07 Å². The van der Waals surface area contributed by atoms with Crippen molar-refractivity contribution in [3.63, 3.8) is 0 Å². The Bertz CT molecular complexity index is 379. The van der Waals surface area contributed by atoms with Crippen molar-refractivity contribution in [1.82, 2.24) is 0 Å². The molecule has 0 saturated carbocycles. The highest BCUT2D eigenvalue weighted by atomic mass is 16.4. The Morgan fingerprint density at radius 2 is 2.07 bits per heavy atom. The standard InChI is InChI=1S/C11H12N2O2/c12-6-9-3-1-8(2-4-9)5-10(7-13)11(14)15/h1-4,10H,5,7,13H2,(H,14,15). The van der Waals surface area contributed by atoms with Crippen LogP contribution in [0, 0.1) is 17.2 Å². The molecule has 1 aromatic rings. The zero-order valence-electron chi connectivity index (χ0n) is 8.18. The maximum Gasteiger partial charge on any atom is 0.308 e. The second kappa shape index (κ2) is 5.13. The number of carboxylic acid groups (broad SMARTS) is 1. The predicted molar refractivity (Wildman–Crippen MR) is 55.0 cm³/mol. The van der Waals surface area contributed by atoms with Crippen LogP contribution in [0.4, 0.5) is 0 Å². The lowest BCUT2D eigenvalue weighted by atomic mass is 9.99. The van der Waals surface area contributed by atoms with E-state index in [4.69, 9.17) is 16.1 Å². The Balaban J connectivity index is 2.72. The van der Waals surface area contributed by atoms with Crippen LogP contribution < -0.4 is 5.73 Å². The number of nitriles is 1. The van der Waals surface area contributed by atoms with Crippen LogP contribution in [0.25, 0.3) is 0 Å². The fourth-order valence-electron chi connectivity index (χ4n) is 1.27. The SMILES string of the molecule is N#Cc1ccc(CC(CN)C(=O)O)cc1. The van der Waals surface area contributed by atoms with Gasteiger partial charge in [-0.15, -0.1) is 0 Å². The summed E-state index contributed by atoms with van der Waals surface area (Å²) in [5.74, 6) is -1.44. The number of rotatable bonds is 4. The average molecular weight is 204 g/mol. The summed E-state index contributed by atoms with van der Waals surface area (Å²) in [7, 11) is 0. The van der Waals surface area contributed by atoms with Gasteiger partial charge in [0.25, 0.3) is 0 Å². The van der Waals surface area contributed by atoms with Crippen LogP contribution in [0.15, 0.2) is 24.3 Å². The number of benzene rings is 1. The van der Waals surface area contributed by atoms with Crippen LogP contribution >= 0.6 is 0 Å². The molecule has 1 rings (SSSR count). The van der Waals surface area contributed by atoms with Crippen molar-refractivity contribution >= 4 is 5.97 Å². The summed E-state index contributed by atoms with van der Waals surface area (Å²) < 4.78 is 0. The quantitative estimate of drug-likeness (QED) is 0.758. The molecule has 0 aliphatic rings. The molecule has 4 heteroatoms. The van der Waals surface area contributed by atoms with Crippen molar-refractivity contribution in [3.05, 3.63) is 35.4 Å². The van der Waals surface area contributed by atoms with Crippen molar-refractivity contribution in [2.24, 2.45) is 11.7 Å². The monoisotopic (exact) mass is 204 g/mol. The lowest BCUT2D eigenvalue weighted by Gasteiger charge is -2.09. The molecule has 0 fully saturated rings. The zero-order valence-corrected chi connectivity index (χ0v) is 8.18. The van der Waals surface area contributed by atoms with Gasteiger partial charge in [-0.2, -0.15) is 5.26 Å². The Hall–Kier alpha value is -1.86. The Kier molecular flexibility index (Phi) is 3.83. The van der Waals surface area contributed by atoms with Crippen LogP contribution in [0.5, 0.6) is 0 Å². The van der Waals surface area contributed by atoms with Gasteiger partial charge in [-0.3, -0.25) is 4.79 Å². The molecule has 0 heterocycles. The van der Waals surface area contributed by atoms with Crippen molar-refractivity contribution in [2.75, 3.05) is 6.54 Å². The van der Waals surface area contributed by atoms with E-state index in [1.807, 2.05) is 6.07 Å². The normalized spacial score (nSPS) is 11.7. The lowest BCUT2D eigenvalue weighted by molar-refractivity contribution is -0.141. The average Bonchev–Trinajstić information content (AvgIpc) is 2.26. The highest BCUT2D eigenvalue weighted by molar-refractivity contribution is 5.70.